The summed E-state index contributed by atoms with van der Waals surface area (Å²) < 4.78 is 10.6. The molecule has 0 spiro atoms. The average molecular weight is 434 g/mol. The van der Waals surface area contributed by atoms with E-state index in [1.807, 2.05) is 27.7 Å². The van der Waals surface area contributed by atoms with Crippen LogP contribution in [0.3, 0.4) is 0 Å². The smallest absolute Gasteiger partial charge is 0.410 e. The molecule has 8 heteroatoms. The van der Waals surface area contributed by atoms with Gasteiger partial charge in [-0.1, -0.05) is 6.07 Å². The number of amides is 3. The van der Waals surface area contributed by atoms with Crippen molar-refractivity contribution in [1.82, 2.24) is 10.2 Å². The first-order valence-corrected chi connectivity index (χ1v) is 10.9. The number of carbonyl (C=O) groups is 3. The summed E-state index contributed by atoms with van der Waals surface area (Å²) in [5.74, 6) is -0.467. The van der Waals surface area contributed by atoms with E-state index in [0.29, 0.717) is 56.9 Å². The molecule has 0 bridgehead atoms. The zero-order chi connectivity index (χ0) is 22.9. The number of rotatable bonds is 8. The third kappa shape index (κ3) is 8.57. The first kappa shape index (κ1) is 24.7. The lowest BCUT2D eigenvalue weighted by Crippen LogP contribution is -2.43. The monoisotopic (exact) mass is 433 g/mol. The Morgan fingerprint density at radius 1 is 1.16 bits per heavy atom. The van der Waals surface area contributed by atoms with E-state index in [0.717, 1.165) is 6.42 Å². The molecule has 1 saturated heterocycles. The number of benzene rings is 1. The highest BCUT2D eigenvalue weighted by Gasteiger charge is 2.30. The number of nitrogens with one attached hydrogen (secondary N) is 2. The molecular weight excluding hydrogens is 398 g/mol. The maximum Gasteiger partial charge on any atom is 0.410 e. The van der Waals surface area contributed by atoms with Crippen LogP contribution in [0.1, 0.15) is 57.3 Å². The SMILES string of the molecule is CCOCCCNC(=O)c1cccc(NC(=O)C2CCN(C(=O)OC(C)(C)C)CC2)c1. The average Bonchev–Trinajstić information content (AvgIpc) is 2.72. The van der Waals surface area contributed by atoms with Gasteiger partial charge in [0.1, 0.15) is 5.60 Å². The lowest BCUT2D eigenvalue weighted by Gasteiger charge is -2.32. The number of anilines is 1. The van der Waals surface area contributed by atoms with Crippen molar-refractivity contribution in [3.63, 3.8) is 0 Å². The van der Waals surface area contributed by atoms with Gasteiger partial charge in [0.15, 0.2) is 0 Å². The van der Waals surface area contributed by atoms with Crippen molar-refractivity contribution >= 4 is 23.6 Å². The fraction of sp³-hybridized carbons (Fsp3) is 0.609. The number of hydrogen-bond donors (Lipinski definition) is 2. The number of carbonyl (C=O) groups excluding carboxylic acids is 3. The van der Waals surface area contributed by atoms with Crippen molar-refractivity contribution in [2.75, 3.05) is 38.2 Å². The summed E-state index contributed by atoms with van der Waals surface area (Å²) >= 11 is 0. The number of nitrogens with zero attached hydrogens (tertiary/aromatic N) is 1. The summed E-state index contributed by atoms with van der Waals surface area (Å²) in [4.78, 5) is 38.8. The Labute approximate surface area is 184 Å². The minimum atomic E-state index is -0.536. The highest BCUT2D eigenvalue weighted by Crippen LogP contribution is 2.22. The summed E-state index contributed by atoms with van der Waals surface area (Å²) in [7, 11) is 0. The van der Waals surface area contributed by atoms with Crippen LogP contribution in [0, 0.1) is 5.92 Å². The van der Waals surface area contributed by atoms with Gasteiger partial charge >= 0.3 is 6.09 Å². The summed E-state index contributed by atoms with van der Waals surface area (Å²) in [6.45, 7) is 10.2. The van der Waals surface area contributed by atoms with E-state index in [2.05, 4.69) is 10.6 Å². The molecule has 1 heterocycles. The van der Waals surface area contributed by atoms with E-state index >= 15 is 0 Å². The molecule has 0 atom stereocenters. The fourth-order valence-electron chi connectivity index (χ4n) is 3.26. The van der Waals surface area contributed by atoms with Crippen LogP contribution in [0.5, 0.6) is 0 Å². The van der Waals surface area contributed by atoms with Crippen molar-refractivity contribution in [2.24, 2.45) is 5.92 Å². The Kier molecular flexibility index (Phi) is 9.30. The largest absolute Gasteiger partial charge is 0.444 e. The topological polar surface area (TPSA) is 97.0 Å². The molecule has 1 aliphatic heterocycles. The Morgan fingerprint density at radius 2 is 1.87 bits per heavy atom. The third-order valence-corrected chi connectivity index (χ3v) is 4.86. The minimum absolute atomic E-state index is 0.0990. The van der Waals surface area contributed by atoms with Crippen molar-refractivity contribution < 1.29 is 23.9 Å². The number of likely N-dealkylation sites (tertiary alicyclic amines) is 1. The van der Waals surface area contributed by atoms with Crippen molar-refractivity contribution in [3.05, 3.63) is 29.8 Å². The van der Waals surface area contributed by atoms with Crippen LogP contribution in [0.25, 0.3) is 0 Å². The van der Waals surface area contributed by atoms with Gasteiger partial charge in [-0.2, -0.15) is 0 Å². The van der Waals surface area contributed by atoms with Crippen LogP contribution in [0.15, 0.2) is 24.3 Å². The molecule has 2 rings (SSSR count). The predicted octanol–water partition coefficient (Wildman–Crippen LogP) is 3.43. The molecule has 0 saturated carbocycles. The van der Waals surface area contributed by atoms with Gasteiger partial charge < -0.3 is 25.0 Å². The summed E-state index contributed by atoms with van der Waals surface area (Å²) in [5.41, 5.74) is 0.543. The highest BCUT2D eigenvalue weighted by atomic mass is 16.6. The van der Waals surface area contributed by atoms with E-state index in [-0.39, 0.29) is 23.8 Å². The molecule has 0 aliphatic carbocycles. The van der Waals surface area contributed by atoms with Crippen molar-refractivity contribution in [3.8, 4) is 0 Å². The van der Waals surface area contributed by atoms with Gasteiger partial charge in [0.2, 0.25) is 5.91 Å². The number of ether oxygens (including phenoxy) is 2. The van der Waals surface area contributed by atoms with Gasteiger partial charge in [-0.05, 0) is 65.2 Å². The second kappa shape index (κ2) is 11.7. The molecule has 1 aromatic rings. The fourth-order valence-corrected chi connectivity index (χ4v) is 3.26. The quantitative estimate of drug-likeness (QED) is 0.612. The molecule has 0 unspecified atom stereocenters. The maximum atomic E-state index is 12.7. The molecule has 1 aliphatic rings. The van der Waals surface area contributed by atoms with E-state index < -0.39 is 5.60 Å². The molecule has 31 heavy (non-hydrogen) atoms. The van der Waals surface area contributed by atoms with Crippen LogP contribution >= 0.6 is 0 Å². The molecule has 2 N–H and O–H groups in total. The van der Waals surface area contributed by atoms with Crippen molar-refractivity contribution in [2.45, 2.75) is 52.6 Å². The number of hydrogen-bond acceptors (Lipinski definition) is 5. The van der Waals surface area contributed by atoms with Gasteiger partial charge in [0, 0.05) is 50.0 Å². The zero-order valence-electron chi connectivity index (χ0n) is 19.0. The van der Waals surface area contributed by atoms with Crippen LogP contribution in [-0.4, -0.2) is 61.3 Å². The minimum Gasteiger partial charge on any atom is -0.444 e. The summed E-state index contributed by atoms with van der Waals surface area (Å²) in [6, 6.07) is 6.90. The molecule has 3 amide bonds. The Hall–Kier alpha value is -2.61. The van der Waals surface area contributed by atoms with E-state index in [9.17, 15) is 14.4 Å². The van der Waals surface area contributed by atoms with Crippen LogP contribution < -0.4 is 10.6 Å². The van der Waals surface area contributed by atoms with E-state index in [1.165, 1.54) is 0 Å². The summed E-state index contributed by atoms with van der Waals surface area (Å²) in [6.07, 6.45) is 1.56. The Balaban J connectivity index is 1.81. The van der Waals surface area contributed by atoms with Crippen LogP contribution in [0.2, 0.25) is 0 Å². The van der Waals surface area contributed by atoms with Crippen molar-refractivity contribution in [1.29, 1.82) is 0 Å². The molecular formula is C23H35N3O5. The first-order valence-electron chi connectivity index (χ1n) is 10.9. The standard InChI is InChI=1S/C23H35N3O5/c1-5-30-15-7-12-24-20(27)18-8-6-9-19(16-18)25-21(28)17-10-13-26(14-11-17)22(29)31-23(2,3)4/h6,8-9,16-17H,5,7,10-15H2,1-4H3,(H,24,27)(H,25,28). The molecule has 0 aromatic heterocycles. The second-order valence-corrected chi connectivity index (χ2v) is 8.62. The van der Waals surface area contributed by atoms with Gasteiger partial charge in [-0.3, -0.25) is 9.59 Å². The third-order valence-electron chi connectivity index (χ3n) is 4.86. The molecule has 172 valence electrons. The molecule has 1 fully saturated rings. The van der Waals surface area contributed by atoms with E-state index in [1.54, 1.807) is 29.2 Å². The zero-order valence-corrected chi connectivity index (χ0v) is 19.0. The molecule has 0 radical (unpaired) electrons. The molecule has 1 aromatic carbocycles. The lowest BCUT2D eigenvalue weighted by atomic mass is 9.96. The van der Waals surface area contributed by atoms with Gasteiger partial charge in [0.25, 0.3) is 5.91 Å². The van der Waals surface area contributed by atoms with Crippen LogP contribution in [-0.2, 0) is 14.3 Å². The van der Waals surface area contributed by atoms with Crippen LogP contribution in [0.4, 0.5) is 10.5 Å². The van der Waals surface area contributed by atoms with Gasteiger partial charge in [0.05, 0.1) is 0 Å². The van der Waals surface area contributed by atoms with Gasteiger partial charge in [-0.25, -0.2) is 4.79 Å². The second-order valence-electron chi connectivity index (χ2n) is 8.62. The van der Waals surface area contributed by atoms with E-state index in [4.69, 9.17) is 9.47 Å². The maximum absolute atomic E-state index is 12.7. The number of piperidine rings is 1. The Morgan fingerprint density at radius 3 is 2.52 bits per heavy atom. The van der Waals surface area contributed by atoms with Gasteiger partial charge in [-0.15, -0.1) is 0 Å². The molecule has 8 nitrogen and oxygen atoms in total. The lowest BCUT2D eigenvalue weighted by molar-refractivity contribution is -0.121. The first-order chi connectivity index (χ1) is 14.7. The Bertz CT molecular complexity index is 752. The highest BCUT2D eigenvalue weighted by molar-refractivity contribution is 5.97. The summed E-state index contributed by atoms with van der Waals surface area (Å²) in [5, 5.41) is 5.75. The predicted molar refractivity (Wildman–Crippen MR) is 119 cm³/mol. The normalized spacial score (nSPS) is 14.8.